The predicted octanol–water partition coefficient (Wildman–Crippen LogP) is 3.25. The molecule has 1 atom stereocenters. The van der Waals surface area contributed by atoms with Crippen molar-refractivity contribution in [1.82, 2.24) is 10.3 Å². The highest BCUT2D eigenvalue weighted by Crippen LogP contribution is 2.36. The summed E-state index contributed by atoms with van der Waals surface area (Å²) in [7, 11) is 1.65. The molecular weight excluding hydrogens is 370 g/mol. The molecule has 1 aliphatic carbocycles. The van der Waals surface area contributed by atoms with Crippen LogP contribution in [-0.4, -0.2) is 36.6 Å². The van der Waals surface area contributed by atoms with Crippen molar-refractivity contribution >= 4 is 38.4 Å². The van der Waals surface area contributed by atoms with E-state index in [0.29, 0.717) is 6.04 Å². The standard InChI is InChI=1S/C18H20BrN3O2/c1-24-17-10-14-12(9-13(17)19)15(6-7-20-14)22-8-2-3-16(22)18(23)21-11-4-5-11/h6-7,9-11,16H,2-5,8H2,1H3,(H,21,23). The Hall–Kier alpha value is -1.82. The molecule has 1 aromatic carbocycles. The number of ether oxygens (including phenoxy) is 1. The van der Waals surface area contributed by atoms with Gasteiger partial charge in [-0.15, -0.1) is 0 Å². The number of carbonyl (C=O) groups is 1. The Morgan fingerprint density at radius 3 is 2.96 bits per heavy atom. The van der Waals surface area contributed by atoms with E-state index in [-0.39, 0.29) is 11.9 Å². The number of benzene rings is 1. The van der Waals surface area contributed by atoms with Crippen LogP contribution in [0.4, 0.5) is 5.69 Å². The topological polar surface area (TPSA) is 54.5 Å². The smallest absolute Gasteiger partial charge is 0.242 e. The number of nitrogens with zero attached hydrogens (tertiary/aromatic N) is 2. The van der Waals surface area contributed by atoms with Crippen LogP contribution in [0.25, 0.3) is 10.9 Å². The SMILES string of the molecule is COc1cc2nccc(N3CCCC3C(=O)NC3CC3)c2cc1Br. The first-order valence-electron chi connectivity index (χ1n) is 8.36. The van der Waals surface area contributed by atoms with Crippen LogP contribution in [0, 0.1) is 0 Å². The summed E-state index contributed by atoms with van der Waals surface area (Å²) in [5.74, 6) is 0.920. The van der Waals surface area contributed by atoms with Gasteiger partial charge in [0.2, 0.25) is 5.91 Å². The Morgan fingerprint density at radius 2 is 2.21 bits per heavy atom. The molecule has 1 aromatic heterocycles. The van der Waals surface area contributed by atoms with Crippen molar-refractivity contribution in [3.8, 4) is 5.75 Å². The number of amides is 1. The molecule has 2 fully saturated rings. The van der Waals surface area contributed by atoms with E-state index in [1.807, 2.05) is 18.2 Å². The summed E-state index contributed by atoms with van der Waals surface area (Å²) in [5.41, 5.74) is 1.94. The molecule has 1 saturated heterocycles. The van der Waals surface area contributed by atoms with E-state index < -0.39 is 0 Å². The molecule has 1 unspecified atom stereocenters. The van der Waals surface area contributed by atoms with E-state index in [9.17, 15) is 4.79 Å². The molecule has 4 rings (SSSR count). The van der Waals surface area contributed by atoms with E-state index >= 15 is 0 Å². The van der Waals surface area contributed by atoms with Crippen molar-refractivity contribution in [2.45, 2.75) is 37.8 Å². The molecule has 1 N–H and O–H groups in total. The maximum absolute atomic E-state index is 12.6. The number of pyridine rings is 1. The van der Waals surface area contributed by atoms with Gasteiger partial charge >= 0.3 is 0 Å². The highest BCUT2D eigenvalue weighted by molar-refractivity contribution is 9.10. The number of carbonyl (C=O) groups excluding carboxylic acids is 1. The molecule has 2 heterocycles. The number of aromatic nitrogens is 1. The fourth-order valence-electron chi connectivity index (χ4n) is 3.39. The Morgan fingerprint density at radius 1 is 1.38 bits per heavy atom. The number of hydrogen-bond acceptors (Lipinski definition) is 4. The zero-order valence-electron chi connectivity index (χ0n) is 13.6. The van der Waals surface area contributed by atoms with Gasteiger partial charge in [-0.2, -0.15) is 0 Å². The number of hydrogen-bond donors (Lipinski definition) is 1. The average Bonchev–Trinajstić information content (AvgIpc) is 3.25. The molecule has 0 radical (unpaired) electrons. The number of nitrogens with one attached hydrogen (secondary N) is 1. The van der Waals surface area contributed by atoms with Gasteiger partial charge in [-0.1, -0.05) is 0 Å². The molecule has 126 valence electrons. The van der Waals surface area contributed by atoms with Gasteiger partial charge in [-0.05, 0) is 53.7 Å². The van der Waals surface area contributed by atoms with Gasteiger partial charge in [0.1, 0.15) is 11.8 Å². The van der Waals surface area contributed by atoms with Crippen molar-refractivity contribution in [3.63, 3.8) is 0 Å². The van der Waals surface area contributed by atoms with E-state index in [4.69, 9.17) is 4.74 Å². The fraction of sp³-hybridized carbons (Fsp3) is 0.444. The lowest BCUT2D eigenvalue weighted by atomic mass is 10.1. The van der Waals surface area contributed by atoms with Crippen molar-refractivity contribution in [2.75, 3.05) is 18.6 Å². The molecule has 6 heteroatoms. The zero-order chi connectivity index (χ0) is 16.7. The zero-order valence-corrected chi connectivity index (χ0v) is 15.2. The summed E-state index contributed by atoms with van der Waals surface area (Å²) in [4.78, 5) is 19.3. The van der Waals surface area contributed by atoms with Crippen LogP contribution in [0.3, 0.4) is 0 Å². The van der Waals surface area contributed by atoms with Crippen molar-refractivity contribution in [1.29, 1.82) is 0 Å². The third-order valence-electron chi connectivity index (χ3n) is 4.78. The van der Waals surface area contributed by atoms with Crippen LogP contribution in [-0.2, 0) is 4.79 Å². The second-order valence-electron chi connectivity index (χ2n) is 6.47. The first-order chi connectivity index (χ1) is 11.7. The second kappa shape index (κ2) is 6.24. The van der Waals surface area contributed by atoms with Gasteiger partial charge in [0.25, 0.3) is 0 Å². The van der Waals surface area contributed by atoms with Crippen LogP contribution in [0.1, 0.15) is 25.7 Å². The van der Waals surface area contributed by atoms with Crippen LogP contribution in [0.2, 0.25) is 0 Å². The lowest BCUT2D eigenvalue weighted by molar-refractivity contribution is -0.122. The van der Waals surface area contributed by atoms with Gasteiger partial charge in [0, 0.05) is 35.9 Å². The summed E-state index contributed by atoms with van der Waals surface area (Å²) >= 11 is 3.55. The fourth-order valence-corrected chi connectivity index (χ4v) is 3.90. The minimum Gasteiger partial charge on any atom is -0.495 e. The molecule has 1 aliphatic heterocycles. The lowest BCUT2D eigenvalue weighted by Crippen LogP contribution is -2.44. The van der Waals surface area contributed by atoms with Gasteiger partial charge in [0.05, 0.1) is 17.1 Å². The largest absolute Gasteiger partial charge is 0.495 e. The second-order valence-corrected chi connectivity index (χ2v) is 7.32. The molecule has 1 amide bonds. The van der Waals surface area contributed by atoms with E-state index in [1.165, 1.54) is 0 Å². The molecule has 0 spiro atoms. The van der Waals surface area contributed by atoms with Gasteiger partial charge in [0.15, 0.2) is 0 Å². The van der Waals surface area contributed by atoms with Crippen LogP contribution in [0.15, 0.2) is 28.9 Å². The van der Waals surface area contributed by atoms with E-state index in [2.05, 4.69) is 31.1 Å². The minimum atomic E-state index is -0.0860. The molecule has 5 nitrogen and oxygen atoms in total. The summed E-state index contributed by atoms with van der Waals surface area (Å²) < 4.78 is 6.26. The monoisotopic (exact) mass is 389 g/mol. The third-order valence-corrected chi connectivity index (χ3v) is 5.40. The first kappa shape index (κ1) is 15.7. The van der Waals surface area contributed by atoms with Gasteiger partial charge < -0.3 is 15.0 Å². The van der Waals surface area contributed by atoms with Gasteiger partial charge in [-0.3, -0.25) is 9.78 Å². The normalized spacial score (nSPS) is 20.4. The molecule has 2 aromatic rings. The van der Waals surface area contributed by atoms with E-state index in [1.54, 1.807) is 13.3 Å². The number of anilines is 1. The number of halogens is 1. The Bertz CT molecular complexity index is 791. The summed E-state index contributed by atoms with van der Waals surface area (Å²) in [5, 5.41) is 4.19. The van der Waals surface area contributed by atoms with E-state index in [0.717, 1.165) is 59.0 Å². The molecule has 0 bridgehead atoms. The number of fused-ring (bicyclic) bond motifs is 1. The van der Waals surface area contributed by atoms with Crippen LogP contribution in [0.5, 0.6) is 5.75 Å². The maximum atomic E-state index is 12.6. The predicted molar refractivity (Wildman–Crippen MR) is 97.5 cm³/mol. The molecule has 1 saturated carbocycles. The summed E-state index contributed by atoms with van der Waals surface area (Å²) in [6, 6.07) is 6.28. The number of methoxy groups -OCH3 is 1. The Kier molecular flexibility index (Phi) is 4.08. The highest BCUT2D eigenvalue weighted by Gasteiger charge is 2.34. The van der Waals surface area contributed by atoms with Gasteiger partial charge in [-0.25, -0.2) is 0 Å². The molecule has 2 aliphatic rings. The Labute approximate surface area is 149 Å². The highest BCUT2D eigenvalue weighted by atomic mass is 79.9. The van der Waals surface area contributed by atoms with Crippen molar-refractivity contribution in [3.05, 3.63) is 28.9 Å². The maximum Gasteiger partial charge on any atom is 0.242 e. The number of rotatable bonds is 4. The minimum absolute atomic E-state index is 0.0860. The molecular formula is C18H20BrN3O2. The Balaban J connectivity index is 1.71. The van der Waals surface area contributed by atoms with Crippen LogP contribution >= 0.6 is 15.9 Å². The summed E-state index contributed by atoms with van der Waals surface area (Å²) in [6.07, 6.45) is 5.97. The quantitative estimate of drug-likeness (QED) is 0.871. The molecule has 24 heavy (non-hydrogen) atoms. The average molecular weight is 390 g/mol. The van der Waals surface area contributed by atoms with Crippen LogP contribution < -0.4 is 15.0 Å². The lowest BCUT2D eigenvalue weighted by Gasteiger charge is -2.27. The van der Waals surface area contributed by atoms with Crippen molar-refractivity contribution in [2.24, 2.45) is 0 Å². The summed E-state index contributed by atoms with van der Waals surface area (Å²) in [6.45, 7) is 0.894. The first-order valence-corrected chi connectivity index (χ1v) is 9.16. The third kappa shape index (κ3) is 2.83. The van der Waals surface area contributed by atoms with Crippen molar-refractivity contribution < 1.29 is 9.53 Å².